The zero-order valence-corrected chi connectivity index (χ0v) is 21.1. The number of anilines is 1. The fourth-order valence-corrected chi connectivity index (χ4v) is 7.66. The van der Waals surface area contributed by atoms with Crippen LogP contribution in [0.15, 0.2) is 27.5 Å². The Balaban J connectivity index is 1.57. The number of hydrogen-bond donors (Lipinski definition) is 4. The van der Waals surface area contributed by atoms with Gasteiger partial charge in [-0.2, -0.15) is 13.2 Å². The molecule has 0 radical (unpaired) electrons. The fraction of sp³-hybridized carbons (Fsp3) is 0.542. The van der Waals surface area contributed by atoms with Gasteiger partial charge in [0, 0.05) is 5.54 Å². The molecule has 1 aliphatic heterocycles. The Morgan fingerprint density at radius 2 is 1.94 bits per heavy atom. The van der Waals surface area contributed by atoms with Crippen molar-refractivity contribution < 1.29 is 35.9 Å². The third-order valence-corrected chi connectivity index (χ3v) is 9.60. The van der Waals surface area contributed by atoms with Gasteiger partial charge in [0.2, 0.25) is 5.76 Å². The van der Waals surface area contributed by atoms with Gasteiger partial charge in [0.25, 0.3) is 0 Å². The topological polar surface area (TPSA) is 121 Å². The molecule has 4 N–H and O–H groups in total. The number of alkyl halides is 3. The molecule has 0 saturated carbocycles. The van der Waals surface area contributed by atoms with E-state index in [-0.39, 0.29) is 16.3 Å². The molecular formula is C24H30F3N3O5S. The van der Waals surface area contributed by atoms with Crippen LogP contribution in [0.1, 0.15) is 68.2 Å². The summed E-state index contributed by atoms with van der Waals surface area (Å²) in [4.78, 5) is 12.5. The number of carbonyl (C=O) groups is 1. The number of fused-ring (bicyclic) bond motifs is 1. The zero-order valence-electron chi connectivity index (χ0n) is 20.3. The Kier molecular flexibility index (Phi) is 6.80. The number of phenols is 1. The molecule has 2 heterocycles. The molecule has 1 aromatic carbocycles. The second-order valence-electron chi connectivity index (χ2n) is 9.97. The molecule has 2 aliphatic rings. The number of phenolic OH excluding ortho intramolecular Hbond substituents is 1. The molecule has 2 amide bonds. The number of urea groups is 1. The third-order valence-electron chi connectivity index (χ3n) is 6.95. The number of benzene rings is 1. The van der Waals surface area contributed by atoms with E-state index in [1.807, 2.05) is 0 Å². The minimum atomic E-state index is -4.64. The van der Waals surface area contributed by atoms with Gasteiger partial charge in [-0.3, -0.25) is 0 Å². The smallest absolute Gasteiger partial charge is 0.449 e. The van der Waals surface area contributed by atoms with Gasteiger partial charge in [-0.1, -0.05) is 6.07 Å². The van der Waals surface area contributed by atoms with Crippen LogP contribution in [0.25, 0.3) is 0 Å². The van der Waals surface area contributed by atoms with Crippen molar-refractivity contribution in [2.24, 2.45) is 0 Å². The number of piperidine rings is 1. The maximum absolute atomic E-state index is 13.6. The summed E-state index contributed by atoms with van der Waals surface area (Å²) in [6, 6.07) is 2.22. The van der Waals surface area contributed by atoms with Gasteiger partial charge in [0.1, 0.15) is 10.7 Å². The molecule has 0 spiro atoms. The summed E-state index contributed by atoms with van der Waals surface area (Å²) in [7, 11) is -3.97. The van der Waals surface area contributed by atoms with E-state index in [4.69, 9.17) is 4.42 Å². The summed E-state index contributed by atoms with van der Waals surface area (Å²) in [5.41, 5.74) is -0.112. The number of amides is 2. The first-order valence-corrected chi connectivity index (χ1v) is 13.4. The summed E-state index contributed by atoms with van der Waals surface area (Å²) < 4.78 is 71.4. The number of carbonyl (C=O) groups excluding carboxylic acids is 1. The predicted octanol–water partition coefficient (Wildman–Crippen LogP) is 4.82. The highest BCUT2D eigenvalue weighted by molar-refractivity contribution is 7.92. The quantitative estimate of drug-likeness (QED) is 0.422. The van der Waals surface area contributed by atoms with Crippen LogP contribution in [0.4, 0.5) is 23.7 Å². The first-order chi connectivity index (χ1) is 16.7. The molecule has 0 bridgehead atoms. The molecule has 1 saturated heterocycles. The van der Waals surface area contributed by atoms with Crippen molar-refractivity contribution in [3.05, 3.63) is 40.8 Å². The Morgan fingerprint density at radius 3 is 2.61 bits per heavy atom. The van der Waals surface area contributed by atoms with Gasteiger partial charge >= 0.3 is 12.2 Å². The van der Waals surface area contributed by atoms with Gasteiger partial charge in [-0.05, 0) is 82.7 Å². The molecule has 1 aromatic heterocycles. The lowest BCUT2D eigenvalue weighted by molar-refractivity contribution is -0.153. The lowest BCUT2D eigenvalue weighted by Gasteiger charge is -2.39. The third kappa shape index (κ3) is 4.93. The van der Waals surface area contributed by atoms with E-state index >= 15 is 0 Å². The van der Waals surface area contributed by atoms with Crippen molar-refractivity contribution in [2.75, 3.05) is 11.9 Å². The molecule has 2 aromatic rings. The summed E-state index contributed by atoms with van der Waals surface area (Å²) in [6.45, 7) is 5.86. The Morgan fingerprint density at radius 1 is 1.22 bits per heavy atom. The Bertz CT molecular complexity index is 1270. The van der Waals surface area contributed by atoms with Crippen molar-refractivity contribution in [3.8, 4) is 5.75 Å². The van der Waals surface area contributed by atoms with E-state index in [0.717, 1.165) is 6.07 Å². The average molecular weight is 530 g/mol. The van der Waals surface area contributed by atoms with Crippen LogP contribution in [0.5, 0.6) is 5.75 Å². The van der Waals surface area contributed by atoms with Crippen molar-refractivity contribution >= 4 is 21.6 Å². The number of rotatable bonds is 4. The molecule has 1 fully saturated rings. The molecular weight excluding hydrogens is 499 g/mol. The standard InChI is InChI=1S/C24H30F3N3O5S/c1-13-9-10-15(19(31)21(13)36(33,34)18-8-5-11-28-23(18,2)3)29-22(32)30-16-7-4-6-14-12-17(24(25,26)27)35-20(14)16/h9-10,12,16,18,28,31H,4-8,11H2,1-3H3,(H2,29,30,32). The maximum atomic E-state index is 13.6. The van der Waals surface area contributed by atoms with Crippen molar-refractivity contribution in [1.82, 2.24) is 10.6 Å². The molecule has 4 rings (SSSR count). The summed E-state index contributed by atoms with van der Waals surface area (Å²) in [6.07, 6.45) is -2.22. The Labute approximate surface area is 207 Å². The van der Waals surface area contributed by atoms with Crippen molar-refractivity contribution in [1.29, 1.82) is 0 Å². The zero-order chi connectivity index (χ0) is 26.5. The maximum Gasteiger partial charge on any atom is 0.449 e. The lowest BCUT2D eigenvalue weighted by Crippen LogP contribution is -2.56. The van der Waals surface area contributed by atoms with E-state index in [1.165, 1.54) is 12.1 Å². The van der Waals surface area contributed by atoms with Gasteiger partial charge in [0.15, 0.2) is 15.6 Å². The number of aryl methyl sites for hydroxylation is 2. The number of hydrogen-bond acceptors (Lipinski definition) is 6. The van der Waals surface area contributed by atoms with Crippen molar-refractivity contribution in [3.63, 3.8) is 0 Å². The minimum Gasteiger partial charge on any atom is -0.504 e. The summed E-state index contributed by atoms with van der Waals surface area (Å²) in [5.74, 6) is -1.65. The largest absolute Gasteiger partial charge is 0.504 e. The van der Waals surface area contributed by atoms with Gasteiger partial charge < -0.3 is 25.5 Å². The highest BCUT2D eigenvalue weighted by Gasteiger charge is 2.44. The summed E-state index contributed by atoms with van der Waals surface area (Å²) in [5, 5.41) is 18.4. The molecule has 1 aliphatic carbocycles. The van der Waals surface area contributed by atoms with Crippen LogP contribution in [0.2, 0.25) is 0 Å². The Hall–Kier alpha value is -2.73. The highest BCUT2D eigenvalue weighted by atomic mass is 32.2. The van der Waals surface area contributed by atoms with Crippen molar-refractivity contribution in [2.45, 2.75) is 80.8 Å². The van der Waals surface area contributed by atoms with Crippen LogP contribution in [0, 0.1) is 6.92 Å². The SMILES string of the molecule is Cc1ccc(NC(=O)NC2CCCc3cc(C(F)(F)F)oc32)c(O)c1S(=O)(=O)C1CCCNC1(C)C. The van der Waals surface area contributed by atoms with Gasteiger partial charge in [-0.15, -0.1) is 0 Å². The molecule has 12 heteroatoms. The van der Waals surface area contributed by atoms with Crippen LogP contribution in [0.3, 0.4) is 0 Å². The highest BCUT2D eigenvalue weighted by Crippen LogP contribution is 2.41. The van der Waals surface area contributed by atoms with E-state index in [9.17, 15) is 31.5 Å². The van der Waals surface area contributed by atoms with Crippen LogP contribution in [-0.2, 0) is 22.4 Å². The molecule has 2 atom stereocenters. The van der Waals surface area contributed by atoms with Gasteiger partial charge in [0.05, 0.1) is 17.0 Å². The van der Waals surface area contributed by atoms with Crippen LogP contribution >= 0.6 is 0 Å². The number of furan rings is 1. The fourth-order valence-electron chi connectivity index (χ4n) is 5.14. The number of sulfone groups is 1. The predicted molar refractivity (Wildman–Crippen MR) is 127 cm³/mol. The molecule has 36 heavy (non-hydrogen) atoms. The monoisotopic (exact) mass is 529 g/mol. The number of nitrogens with one attached hydrogen (secondary N) is 3. The first kappa shape index (κ1) is 26.3. The normalized spacial score (nSPS) is 22.1. The molecule has 198 valence electrons. The second kappa shape index (κ2) is 9.29. The number of aromatic hydroxyl groups is 1. The number of halogens is 3. The van der Waals surface area contributed by atoms with E-state index in [0.29, 0.717) is 49.8 Å². The second-order valence-corrected chi connectivity index (χ2v) is 12.0. The summed E-state index contributed by atoms with van der Waals surface area (Å²) >= 11 is 0. The van der Waals surface area contributed by atoms with Gasteiger partial charge in [-0.25, -0.2) is 13.2 Å². The van der Waals surface area contributed by atoms with Crippen LogP contribution < -0.4 is 16.0 Å². The van der Waals surface area contributed by atoms with E-state index < -0.39 is 50.4 Å². The average Bonchev–Trinajstić information content (AvgIpc) is 3.21. The molecule has 8 nitrogen and oxygen atoms in total. The van der Waals surface area contributed by atoms with E-state index in [1.54, 1.807) is 20.8 Å². The first-order valence-electron chi connectivity index (χ1n) is 11.8. The minimum absolute atomic E-state index is 0.0483. The van der Waals surface area contributed by atoms with E-state index in [2.05, 4.69) is 16.0 Å². The lowest BCUT2D eigenvalue weighted by atomic mass is 9.93. The van der Waals surface area contributed by atoms with Crippen LogP contribution in [-0.4, -0.2) is 36.9 Å². The molecule has 2 unspecified atom stereocenters.